The van der Waals surface area contributed by atoms with Gasteiger partial charge in [0.1, 0.15) is 0 Å². The number of hydrogen-bond acceptors (Lipinski definition) is 3. The van der Waals surface area contributed by atoms with Gasteiger partial charge < -0.3 is 16.0 Å². The Morgan fingerprint density at radius 1 is 1.42 bits per heavy atom. The normalized spacial score (nSPS) is 18.2. The van der Waals surface area contributed by atoms with E-state index in [1.54, 1.807) is 25.2 Å². The zero-order valence-corrected chi connectivity index (χ0v) is 15.6. The standard InChI is InChI=1S/C17H24ClN3O2.ClH/c1-11(12-4-3-7-20-10-12)8-16(22)21-15-6-5-13(18)9-14(15)17(23)19-2;/h5-6,9,11-12,20H,3-4,7-8,10H2,1-2H3,(H,19,23)(H,21,22);1H. The van der Waals surface area contributed by atoms with Crippen molar-refractivity contribution in [2.45, 2.75) is 26.2 Å². The first-order chi connectivity index (χ1) is 11.0. The fraction of sp³-hybridized carbons (Fsp3) is 0.529. The first-order valence-corrected chi connectivity index (χ1v) is 8.41. The highest BCUT2D eigenvalue weighted by atomic mass is 35.5. The topological polar surface area (TPSA) is 70.2 Å². The SMILES string of the molecule is CNC(=O)c1cc(Cl)ccc1NC(=O)CC(C)C1CCCNC1.Cl. The summed E-state index contributed by atoms with van der Waals surface area (Å²) in [7, 11) is 1.55. The van der Waals surface area contributed by atoms with Crippen LogP contribution in [0.15, 0.2) is 18.2 Å². The highest BCUT2D eigenvalue weighted by Gasteiger charge is 2.22. The lowest BCUT2D eigenvalue weighted by atomic mass is 9.85. The number of benzene rings is 1. The fourth-order valence-corrected chi connectivity index (χ4v) is 3.14. The summed E-state index contributed by atoms with van der Waals surface area (Å²) in [6.07, 6.45) is 2.77. The third-order valence-corrected chi connectivity index (χ3v) is 4.61. The Balaban J connectivity index is 0.00000288. The Hall–Kier alpha value is -1.30. The molecule has 1 aliphatic heterocycles. The molecular weight excluding hydrogens is 349 g/mol. The summed E-state index contributed by atoms with van der Waals surface area (Å²) in [6.45, 7) is 4.15. The van der Waals surface area contributed by atoms with Crippen LogP contribution in [0.3, 0.4) is 0 Å². The van der Waals surface area contributed by atoms with Crippen molar-refractivity contribution in [1.82, 2.24) is 10.6 Å². The van der Waals surface area contributed by atoms with Crippen molar-refractivity contribution in [2.75, 3.05) is 25.5 Å². The van der Waals surface area contributed by atoms with Crippen molar-refractivity contribution in [3.8, 4) is 0 Å². The van der Waals surface area contributed by atoms with Crippen molar-refractivity contribution in [2.24, 2.45) is 11.8 Å². The molecule has 5 nitrogen and oxygen atoms in total. The van der Waals surface area contributed by atoms with Crippen LogP contribution in [0.2, 0.25) is 5.02 Å². The predicted molar refractivity (Wildman–Crippen MR) is 100 cm³/mol. The van der Waals surface area contributed by atoms with Gasteiger partial charge in [-0.05, 0) is 56.0 Å². The van der Waals surface area contributed by atoms with Crippen LogP contribution in [0.1, 0.15) is 36.5 Å². The van der Waals surface area contributed by atoms with E-state index in [2.05, 4.69) is 22.9 Å². The lowest BCUT2D eigenvalue weighted by Crippen LogP contribution is -2.34. The van der Waals surface area contributed by atoms with Crippen molar-refractivity contribution in [3.05, 3.63) is 28.8 Å². The molecule has 0 saturated carbocycles. The van der Waals surface area contributed by atoms with E-state index >= 15 is 0 Å². The molecule has 2 amide bonds. The molecule has 0 bridgehead atoms. The van der Waals surface area contributed by atoms with Crippen LogP contribution < -0.4 is 16.0 Å². The molecule has 2 atom stereocenters. The molecular formula is C17H25Cl2N3O2. The number of amides is 2. The number of hydrogen-bond donors (Lipinski definition) is 3. The van der Waals surface area contributed by atoms with Gasteiger partial charge in [-0.25, -0.2) is 0 Å². The minimum atomic E-state index is -0.271. The molecule has 0 spiro atoms. The van der Waals surface area contributed by atoms with Crippen LogP contribution in [-0.4, -0.2) is 32.0 Å². The Morgan fingerprint density at radius 2 is 2.17 bits per heavy atom. The van der Waals surface area contributed by atoms with Gasteiger partial charge in [-0.15, -0.1) is 12.4 Å². The van der Waals surface area contributed by atoms with Crippen molar-refractivity contribution in [1.29, 1.82) is 0 Å². The van der Waals surface area contributed by atoms with Gasteiger partial charge in [0.15, 0.2) is 0 Å². The molecule has 1 saturated heterocycles. The maximum absolute atomic E-state index is 12.3. The number of piperidine rings is 1. The quantitative estimate of drug-likeness (QED) is 0.742. The van der Waals surface area contributed by atoms with Crippen molar-refractivity contribution >= 4 is 41.5 Å². The monoisotopic (exact) mass is 373 g/mol. The Bertz CT molecular complexity index is 575. The number of rotatable bonds is 5. The Labute approximate surface area is 154 Å². The van der Waals surface area contributed by atoms with Crippen LogP contribution in [-0.2, 0) is 4.79 Å². The third-order valence-electron chi connectivity index (χ3n) is 4.37. The zero-order chi connectivity index (χ0) is 16.8. The van der Waals surface area contributed by atoms with E-state index in [1.807, 2.05) is 0 Å². The first-order valence-electron chi connectivity index (χ1n) is 8.03. The molecule has 0 aromatic heterocycles. The lowest BCUT2D eigenvalue weighted by molar-refractivity contribution is -0.117. The molecule has 0 aliphatic carbocycles. The molecule has 7 heteroatoms. The van der Waals surface area contributed by atoms with Crippen LogP contribution >= 0.6 is 24.0 Å². The number of anilines is 1. The summed E-state index contributed by atoms with van der Waals surface area (Å²) >= 11 is 5.94. The van der Waals surface area contributed by atoms with Gasteiger partial charge in [-0.2, -0.15) is 0 Å². The van der Waals surface area contributed by atoms with E-state index in [9.17, 15) is 9.59 Å². The lowest BCUT2D eigenvalue weighted by Gasteiger charge is -2.28. The third kappa shape index (κ3) is 5.65. The second-order valence-electron chi connectivity index (χ2n) is 6.11. The maximum atomic E-state index is 12.3. The largest absolute Gasteiger partial charge is 0.355 e. The fourth-order valence-electron chi connectivity index (χ4n) is 2.97. The average Bonchev–Trinajstić information content (AvgIpc) is 2.56. The summed E-state index contributed by atoms with van der Waals surface area (Å²) < 4.78 is 0. The Kier molecular flexibility index (Phi) is 8.53. The maximum Gasteiger partial charge on any atom is 0.253 e. The average molecular weight is 374 g/mol. The van der Waals surface area contributed by atoms with Crippen LogP contribution in [0.25, 0.3) is 0 Å². The van der Waals surface area contributed by atoms with Gasteiger partial charge in [0.05, 0.1) is 11.3 Å². The predicted octanol–water partition coefficient (Wildman–Crippen LogP) is 3.09. The summed E-state index contributed by atoms with van der Waals surface area (Å²) in [5.41, 5.74) is 0.869. The second kappa shape index (κ2) is 9.87. The van der Waals surface area contributed by atoms with E-state index in [1.165, 1.54) is 0 Å². The zero-order valence-electron chi connectivity index (χ0n) is 14.0. The molecule has 1 heterocycles. The molecule has 2 rings (SSSR count). The van der Waals surface area contributed by atoms with Crippen LogP contribution in [0.5, 0.6) is 0 Å². The van der Waals surface area contributed by atoms with E-state index in [0.717, 1.165) is 25.9 Å². The molecule has 134 valence electrons. The van der Waals surface area contributed by atoms with E-state index < -0.39 is 0 Å². The summed E-state index contributed by atoms with van der Waals surface area (Å²) in [5, 5.41) is 9.24. The van der Waals surface area contributed by atoms with Crippen molar-refractivity contribution in [3.63, 3.8) is 0 Å². The van der Waals surface area contributed by atoms with Gasteiger partial charge in [-0.3, -0.25) is 9.59 Å². The summed E-state index contributed by atoms with van der Waals surface area (Å²) in [6, 6.07) is 4.89. The van der Waals surface area contributed by atoms with Crippen LogP contribution in [0, 0.1) is 11.8 Å². The first kappa shape index (κ1) is 20.7. The molecule has 3 N–H and O–H groups in total. The van der Waals surface area contributed by atoms with E-state index in [4.69, 9.17) is 11.6 Å². The number of halogens is 2. The number of carbonyl (C=O) groups is 2. The van der Waals surface area contributed by atoms with Gasteiger partial charge >= 0.3 is 0 Å². The summed E-state index contributed by atoms with van der Waals surface area (Å²) in [5.74, 6) is 0.486. The highest BCUT2D eigenvalue weighted by molar-refractivity contribution is 6.31. The number of carbonyl (C=O) groups excluding carboxylic acids is 2. The van der Waals surface area contributed by atoms with Gasteiger partial charge in [-0.1, -0.05) is 18.5 Å². The number of nitrogens with one attached hydrogen (secondary N) is 3. The van der Waals surface area contributed by atoms with Crippen molar-refractivity contribution < 1.29 is 9.59 Å². The minimum Gasteiger partial charge on any atom is -0.355 e. The minimum absolute atomic E-state index is 0. The van der Waals surface area contributed by atoms with Gasteiger partial charge in [0.2, 0.25) is 5.91 Å². The van der Waals surface area contributed by atoms with Gasteiger partial charge in [0.25, 0.3) is 5.91 Å². The second-order valence-corrected chi connectivity index (χ2v) is 6.54. The molecule has 1 aromatic rings. The molecule has 24 heavy (non-hydrogen) atoms. The molecule has 2 unspecified atom stereocenters. The van der Waals surface area contributed by atoms with E-state index in [-0.39, 0.29) is 24.2 Å². The van der Waals surface area contributed by atoms with Gasteiger partial charge in [0, 0.05) is 18.5 Å². The highest BCUT2D eigenvalue weighted by Crippen LogP contribution is 2.24. The van der Waals surface area contributed by atoms with Crippen LogP contribution in [0.4, 0.5) is 5.69 Å². The smallest absolute Gasteiger partial charge is 0.253 e. The summed E-state index contributed by atoms with van der Waals surface area (Å²) in [4.78, 5) is 24.2. The molecule has 1 fully saturated rings. The van der Waals surface area contributed by atoms with E-state index in [0.29, 0.717) is 34.5 Å². The molecule has 0 radical (unpaired) electrons. The Morgan fingerprint density at radius 3 is 2.79 bits per heavy atom. The molecule has 1 aromatic carbocycles. The molecule has 1 aliphatic rings.